The van der Waals surface area contributed by atoms with Crippen molar-refractivity contribution in [2.45, 2.75) is 59.3 Å². The van der Waals surface area contributed by atoms with Crippen LogP contribution in [-0.4, -0.2) is 23.1 Å². The van der Waals surface area contributed by atoms with Gasteiger partial charge in [0.05, 0.1) is 6.21 Å². The van der Waals surface area contributed by atoms with Crippen molar-refractivity contribution in [3.63, 3.8) is 0 Å². The maximum atomic E-state index is 12.3. The highest BCUT2D eigenvalue weighted by molar-refractivity contribution is 5.96. The fourth-order valence-corrected chi connectivity index (χ4v) is 3.01. The number of anilines is 1. The van der Waals surface area contributed by atoms with Crippen molar-refractivity contribution in [3.8, 4) is 5.75 Å². The van der Waals surface area contributed by atoms with Crippen molar-refractivity contribution in [1.82, 2.24) is 5.43 Å². The number of nitrogens with one attached hydrogen (secondary N) is 2. The van der Waals surface area contributed by atoms with E-state index in [1.165, 1.54) is 6.92 Å². The van der Waals surface area contributed by atoms with E-state index in [0.29, 0.717) is 17.0 Å². The topological polar surface area (TPSA) is 90.8 Å². The van der Waals surface area contributed by atoms with E-state index in [2.05, 4.69) is 15.8 Å². The van der Waals surface area contributed by atoms with Gasteiger partial charge >= 0.3 is 0 Å². The van der Waals surface area contributed by atoms with Crippen molar-refractivity contribution in [1.29, 1.82) is 0 Å². The molecular formula is C24H31N3O3. The van der Waals surface area contributed by atoms with E-state index in [-0.39, 0.29) is 22.6 Å². The molecule has 0 heterocycles. The number of phenolic OH excluding ortho intramolecular Hbond substituents is 1. The van der Waals surface area contributed by atoms with E-state index in [9.17, 15) is 14.7 Å². The van der Waals surface area contributed by atoms with Gasteiger partial charge in [0.15, 0.2) is 0 Å². The van der Waals surface area contributed by atoms with Crippen molar-refractivity contribution >= 4 is 23.7 Å². The summed E-state index contributed by atoms with van der Waals surface area (Å²) in [5.74, 6) is -0.225. The van der Waals surface area contributed by atoms with Gasteiger partial charge in [0.2, 0.25) is 5.91 Å². The van der Waals surface area contributed by atoms with Crippen LogP contribution in [0.25, 0.3) is 0 Å². The first-order valence-corrected chi connectivity index (χ1v) is 9.88. The van der Waals surface area contributed by atoms with Gasteiger partial charge in [-0.3, -0.25) is 9.59 Å². The van der Waals surface area contributed by atoms with Crippen LogP contribution in [0.15, 0.2) is 41.5 Å². The number of hydrogen-bond acceptors (Lipinski definition) is 4. The molecule has 0 radical (unpaired) electrons. The number of carbonyl (C=O) groups excluding carboxylic acids is 2. The first kappa shape index (κ1) is 23.1. The van der Waals surface area contributed by atoms with Crippen molar-refractivity contribution in [2.24, 2.45) is 5.10 Å². The molecule has 2 amide bonds. The Bertz CT molecular complexity index is 928. The minimum Gasteiger partial charge on any atom is -0.507 e. The summed E-state index contributed by atoms with van der Waals surface area (Å²) in [5, 5.41) is 17.5. The third-order valence-electron chi connectivity index (χ3n) is 4.60. The lowest BCUT2D eigenvalue weighted by Gasteiger charge is -2.27. The molecule has 0 spiro atoms. The number of carbonyl (C=O) groups is 2. The number of hydrazone groups is 1. The zero-order chi connectivity index (χ0) is 22.7. The fourth-order valence-electron chi connectivity index (χ4n) is 3.01. The van der Waals surface area contributed by atoms with Gasteiger partial charge in [-0.2, -0.15) is 5.10 Å². The maximum absolute atomic E-state index is 12.3. The highest BCUT2D eigenvalue weighted by Crippen LogP contribution is 2.39. The lowest BCUT2D eigenvalue weighted by Crippen LogP contribution is -2.19. The lowest BCUT2D eigenvalue weighted by molar-refractivity contribution is -0.114. The SMILES string of the molecule is CC(=O)Nc1ccc(C(=O)NN=Cc2cc(C(C)(C)C)c(O)c(C(C)(C)C)c2)cc1. The standard InChI is InChI=1S/C24H31N3O3/c1-15(28)26-18-10-8-17(9-11-18)22(30)27-25-14-16-12-19(23(2,3)4)21(29)20(13-16)24(5,6)7/h8-14,29H,1-7H3,(H,26,28)(H,27,30). The Labute approximate surface area is 178 Å². The predicted octanol–water partition coefficient (Wildman–Crippen LogP) is 4.71. The van der Waals surface area contributed by atoms with E-state index >= 15 is 0 Å². The number of hydrogen-bond donors (Lipinski definition) is 3. The van der Waals surface area contributed by atoms with Crippen LogP contribution in [0.3, 0.4) is 0 Å². The summed E-state index contributed by atoms with van der Waals surface area (Å²) in [4.78, 5) is 23.4. The minimum atomic E-state index is -0.355. The summed E-state index contributed by atoms with van der Waals surface area (Å²) in [6.07, 6.45) is 1.58. The van der Waals surface area contributed by atoms with Crippen LogP contribution < -0.4 is 10.7 Å². The minimum absolute atomic E-state index is 0.171. The number of nitrogens with zero attached hydrogens (tertiary/aromatic N) is 1. The Morgan fingerprint density at radius 2 is 1.43 bits per heavy atom. The van der Waals surface area contributed by atoms with Crippen LogP contribution in [-0.2, 0) is 15.6 Å². The average molecular weight is 410 g/mol. The van der Waals surface area contributed by atoms with Crippen LogP contribution in [0.2, 0.25) is 0 Å². The van der Waals surface area contributed by atoms with Crippen LogP contribution >= 0.6 is 0 Å². The number of aromatic hydroxyl groups is 1. The van der Waals surface area contributed by atoms with Gasteiger partial charge in [0.1, 0.15) is 5.75 Å². The molecule has 2 aromatic rings. The molecule has 0 atom stereocenters. The molecule has 0 aliphatic rings. The average Bonchev–Trinajstić information content (AvgIpc) is 2.61. The smallest absolute Gasteiger partial charge is 0.271 e. The molecule has 0 bridgehead atoms. The quantitative estimate of drug-likeness (QED) is 0.504. The largest absolute Gasteiger partial charge is 0.507 e. The van der Waals surface area contributed by atoms with Gasteiger partial charge in [-0.15, -0.1) is 0 Å². The predicted molar refractivity (Wildman–Crippen MR) is 121 cm³/mol. The van der Waals surface area contributed by atoms with Crippen LogP contribution in [0.5, 0.6) is 5.75 Å². The summed E-state index contributed by atoms with van der Waals surface area (Å²) >= 11 is 0. The molecule has 2 rings (SSSR count). The molecule has 0 saturated heterocycles. The molecule has 6 heteroatoms. The highest BCUT2D eigenvalue weighted by Gasteiger charge is 2.26. The molecule has 160 valence electrons. The van der Waals surface area contributed by atoms with E-state index in [4.69, 9.17) is 0 Å². The molecule has 6 nitrogen and oxygen atoms in total. The van der Waals surface area contributed by atoms with Crippen LogP contribution in [0.1, 0.15) is 75.5 Å². The second-order valence-electron chi connectivity index (χ2n) is 9.42. The first-order chi connectivity index (χ1) is 13.8. The second-order valence-corrected chi connectivity index (χ2v) is 9.42. The van der Waals surface area contributed by atoms with Gasteiger partial charge in [0, 0.05) is 29.3 Å². The molecule has 0 aromatic heterocycles. The first-order valence-electron chi connectivity index (χ1n) is 9.88. The summed E-state index contributed by atoms with van der Waals surface area (Å²) in [5.41, 5.74) is 5.54. The van der Waals surface area contributed by atoms with E-state index in [0.717, 1.165) is 16.7 Å². The van der Waals surface area contributed by atoms with Gasteiger partial charge in [-0.05, 0) is 52.8 Å². The van der Waals surface area contributed by atoms with E-state index in [1.54, 1.807) is 30.5 Å². The zero-order valence-electron chi connectivity index (χ0n) is 18.8. The third kappa shape index (κ3) is 5.92. The van der Waals surface area contributed by atoms with Gasteiger partial charge in [-0.1, -0.05) is 41.5 Å². The molecule has 0 fully saturated rings. The normalized spacial score (nSPS) is 12.1. The second kappa shape index (κ2) is 8.69. The monoisotopic (exact) mass is 409 g/mol. The molecule has 3 N–H and O–H groups in total. The molecule has 0 unspecified atom stereocenters. The van der Waals surface area contributed by atoms with Crippen molar-refractivity contribution in [2.75, 3.05) is 5.32 Å². The molecule has 0 saturated carbocycles. The number of phenols is 1. The Morgan fingerprint density at radius 3 is 1.87 bits per heavy atom. The fraction of sp³-hybridized carbons (Fsp3) is 0.375. The summed E-state index contributed by atoms with van der Waals surface area (Å²) in [6.45, 7) is 13.7. The Hall–Kier alpha value is -3.15. The maximum Gasteiger partial charge on any atom is 0.271 e. The summed E-state index contributed by atoms with van der Waals surface area (Å²) in [6, 6.07) is 10.3. The molecule has 0 aliphatic carbocycles. The van der Waals surface area contributed by atoms with Crippen LogP contribution in [0.4, 0.5) is 5.69 Å². The number of benzene rings is 2. The molecular weight excluding hydrogens is 378 g/mol. The van der Waals surface area contributed by atoms with Crippen molar-refractivity contribution < 1.29 is 14.7 Å². The highest BCUT2D eigenvalue weighted by atomic mass is 16.3. The molecule has 30 heavy (non-hydrogen) atoms. The molecule has 2 aromatic carbocycles. The Kier molecular flexibility index (Phi) is 6.70. The lowest BCUT2D eigenvalue weighted by atomic mass is 9.78. The Morgan fingerprint density at radius 1 is 0.933 bits per heavy atom. The van der Waals surface area contributed by atoms with Gasteiger partial charge in [-0.25, -0.2) is 5.43 Å². The van der Waals surface area contributed by atoms with Crippen molar-refractivity contribution in [3.05, 3.63) is 58.7 Å². The Balaban J connectivity index is 2.23. The third-order valence-corrected chi connectivity index (χ3v) is 4.60. The van der Waals surface area contributed by atoms with E-state index in [1.807, 2.05) is 53.7 Å². The van der Waals surface area contributed by atoms with Gasteiger partial charge in [0.25, 0.3) is 5.91 Å². The number of rotatable bonds is 4. The summed E-state index contributed by atoms with van der Waals surface area (Å²) < 4.78 is 0. The number of amides is 2. The molecule has 0 aliphatic heterocycles. The van der Waals surface area contributed by atoms with Gasteiger partial charge < -0.3 is 10.4 Å². The zero-order valence-corrected chi connectivity index (χ0v) is 18.8. The van der Waals surface area contributed by atoms with E-state index < -0.39 is 0 Å². The van der Waals surface area contributed by atoms with Crippen LogP contribution in [0, 0.1) is 0 Å². The summed E-state index contributed by atoms with van der Waals surface area (Å²) in [7, 11) is 0.